The molecule has 0 atom stereocenters. The van der Waals surface area contributed by atoms with Crippen LogP contribution in [0.25, 0.3) is 0 Å². The third kappa shape index (κ3) is 7.11. The van der Waals surface area contributed by atoms with Crippen molar-refractivity contribution in [3.05, 3.63) is 82.3 Å². The molecule has 1 aliphatic heterocycles. The van der Waals surface area contributed by atoms with Gasteiger partial charge < -0.3 is 25.0 Å². The standard InChI is InChI=1S/C28H27ClFN5O5/c1-2-39-25(36)16-40-19-7-9-23(21(14-19)28(38)34-24-10-6-18(29)15-32-24)33-27(37)20-8-5-17(13-22(20)30)26(31)35-11-3-4-12-35/h5-10,13-15,31H,2-4,11-12,16H2,1H3,(H,33,37)(H,32,34,38). The molecule has 10 nitrogen and oxygen atoms in total. The Hall–Kier alpha value is -4.51. The van der Waals surface area contributed by atoms with Crippen molar-refractivity contribution in [2.75, 3.05) is 36.9 Å². The van der Waals surface area contributed by atoms with E-state index < -0.39 is 23.6 Å². The number of pyridine rings is 1. The average molecular weight is 568 g/mol. The minimum Gasteiger partial charge on any atom is -0.482 e. The highest BCUT2D eigenvalue weighted by molar-refractivity contribution is 6.30. The first-order valence-electron chi connectivity index (χ1n) is 12.5. The smallest absolute Gasteiger partial charge is 0.344 e. The van der Waals surface area contributed by atoms with E-state index >= 15 is 0 Å². The molecule has 0 bridgehead atoms. The van der Waals surface area contributed by atoms with Gasteiger partial charge in [0.2, 0.25) is 0 Å². The van der Waals surface area contributed by atoms with Crippen molar-refractivity contribution in [3.63, 3.8) is 0 Å². The summed E-state index contributed by atoms with van der Waals surface area (Å²) in [7, 11) is 0. The number of halogens is 2. The topological polar surface area (TPSA) is 134 Å². The summed E-state index contributed by atoms with van der Waals surface area (Å²) in [6, 6.07) is 11.2. The molecular weight excluding hydrogens is 541 g/mol. The highest BCUT2D eigenvalue weighted by Gasteiger charge is 2.21. The molecule has 208 valence electrons. The molecule has 2 heterocycles. The summed E-state index contributed by atoms with van der Waals surface area (Å²) in [5.74, 6) is -2.27. The number of hydrogen-bond acceptors (Lipinski definition) is 7. The number of carbonyl (C=O) groups is 3. The van der Waals surface area contributed by atoms with Crippen LogP contribution in [0.15, 0.2) is 54.7 Å². The number of hydrogen-bond donors (Lipinski definition) is 3. The van der Waals surface area contributed by atoms with E-state index in [-0.39, 0.29) is 47.4 Å². The first-order valence-corrected chi connectivity index (χ1v) is 12.9. The lowest BCUT2D eigenvalue weighted by Gasteiger charge is -2.19. The fourth-order valence-electron chi connectivity index (χ4n) is 4.05. The molecule has 1 fully saturated rings. The molecule has 0 saturated carbocycles. The van der Waals surface area contributed by atoms with Crippen molar-refractivity contribution >= 4 is 46.7 Å². The highest BCUT2D eigenvalue weighted by Crippen LogP contribution is 2.25. The quantitative estimate of drug-likeness (QED) is 0.193. The zero-order valence-corrected chi connectivity index (χ0v) is 22.4. The van der Waals surface area contributed by atoms with Gasteiger partial charge in [0.25, 0.3) is 11.8 Å². The van der Waals surface area contributed by atoms with Gasteiger partial charge in [-0.3, -0.25) is 15.0 Å². The molecule has 0 unspecified atom stereocenters. The van der Waals surface area contributed by atoms with Gasteiger partial charge in [0, 0.05) is 24.8 Å². The number of nitrogens with zero attached hydrogens (tertiary/aromatic N) is 2. The van der Waals surface area contributed by atoms with Gasteiger partial charge in [-0.05, 0) is 62.2 Å². The van der Waals surface area contributed by atoms with Gasteiger partial charge in [0.1, 0.15) is 23.2 Å². The number of nitrogens with one attached hydrogen (secondary N) is 3. The van der Waals surface area contributed by atoms with Gasteiger partial charge in [-0.15, -0.1) is 0 Å². The number of carbonyl (C=O) groups excluding carboxylic acids is 3. The SMILES string of the molecule is CCOC(=O)COc1ccc(NC(=O)c2ccc(C(=N)N3CCCC3)cc2F)c(C(=O)Nc2ccc(Cl)cn2)c1. The zero-order valence-electron chi connectivity index (χ0n) is 21.6. The summed E-state index contributed by atoms with van der Waals surface area (Å²) in [6.45, 7) is 2.93. The van der Waals surface area contributed by atoms with E-state index in [0.29, 0.717) is 10.6 Å². The maximum absolute atomic E-state index is 15.0. The molecule has 1 aromatic heterocycles. The second-order valence-electron chi connectivity index (χ2n) is 8.81. The summed E-state index contributed by atoms with van der Waals surface area (Å²) in [6.07, 6.45) is 3.30. The van der Waals surface area contributed by atoms with Crippen LogP contribution >= 0.6 is 11.6 Å². The monoisotopic (exact) mass is 567 g/mol. The average Bonchev–Trinajstić information content (AvgIpc) is 3.48. The Morgan fingerprint density at radius 2 is 1.77 bits per heavy atom. The number of rotatable bonds is 9. The maximum Gasteiger partial charge on any atom is 0.344 e. The van der Waals surface area contributed by atoms with Crippen LogP contribution in [-0.4, -0.2) is 59.8 Å². The Bertz CT molecular complexity index is 1430. The molecule has 1 aliphatic rings. The minimum absolute atomic E-state index is 0.0284. The van der Waals surface area contributed by atoms with Gasteiger partial charge in [0.05, 0.1) is 28.4 Å². The van der Waals surface area contributed by atoms with E-state index in [2.05, 4.69) is 15.6 Å². The second kappa shape index (κ2) is 13.0. The lowest BCUT2D eigenvalue weighted by molar-refractivity contribution is -0.145. The Labute approximate surface area is 234 Å². The summed E-state index contributed by atoms with van der Waals surface area (Å²) < 4.78 is 25.3. The molecule has 3 aromatic rings. The number of aromatic nitrogens is 1. The molecule has 2 amide bonds. The number of ether oxygens (including phenoxy) is 2. The fraction of sp³-hybridized carbons (Fsp3) is 0.250. The molecule has 0 radical (unpaired) electrons. The second-order valence-corrected chi connectivity index (χ2v) is 9.24. The molecule has 1 saturated heterocycles. The van der Waals surface area contributed by atoms with E-state index in [1.807, 2.05) is 4.90 Å². The summed E-state index contributed by atoms with van der Waals surface area (Å²) in [5.41, 5.74) is 0.147. The normalized spacial score (nSPS) is 12.5. The Balaban J connectivity index is 1.56. The zero-order chi connectivity index (χ0) is 28.6. The van der Waals surface area contributed by atoms with E-state index in [4.69, 9.17) is 26.5 Å². The molecule has 12 heteroatoms. The van der Waals surface area contributed by atoms with Crippen molar-refractivity contribution in [3.8, 4) is 5.75 Å². The van der Waals surface area contributed by atoms with Crippen molar-refractivity contribution in [1.82, 2.24) is 9.88 Å². The van der Waals surface area contributed by atoms with E-state index in [0.717, 1.165) is 32.0 Å². The van der Waals surface area contributed by atoms with Crippen LogP contribution in [0.3, 0.4) is 0 Å². The van der Waals surface area contributed by atoms with E-state index in [1.54, 1.807) is 13.0 Å². The van der Waals surface area contributed by atoms with Gasteiger partial charge in [-0.25, -0.2) is 14.2 Å². The number of amidine groups is 1. The molecule has 40 heavy (non-hydrogen) atoms. The Morgan fingerprint density at radius 3 is 2.45 bits per heavy atom. The molecule has 2 aromatic carbocycles. The number of amides is 2. The van der Waals surface area contributed by atoms with E-state index in [1.165, 1.54) is 42.6 Å². The van der Waals surface area contributed by atoms with Gasteiger partial charge in [0.15, 0.2) is 6.61 Å². The number of esters is 1. The van der Waals surface area contributed by atoms with Crippen molar-refractivity contribution < 1.29 is 28.2 Å². The fourth-order valence-corrected chi connectivity index (χ4v) is 4.16. The molecule has 0 spiro atoms. The van der Waals surface area contributed by atoms with Crippen molar-refractivity contribution in [1.29, 1.82) is 5.41 Å². The molecule has 4 rings (SSSR count). The van der Waals surface area contributed by atoms with Crippen LogP contribution in [0, 0.1) is 11.2 Å². The predicted molar refractivity (Wildman–Crippen MR) is 148 cm³/mol. The van der Waals surface area contributed by atoms with Crippen molar-refractivity contribution in [2.45, 2.75) is 19.8 Å². The van der Waals surface area contributed by atoms with Crippen molar-refractivity contribution in [2.24, 2.45) is 0 Å². The summed E-state index contributed by atoms with van der Waals surface area (Å²) >= 11 is 5.86. The molecule has 0 aliphatic carbocycles. The third-order valence-corrected chi connectivity index (χ3v) is 6.25. The summed E-state index contributed by atoms with van der Waals surface area (Å²) in [5, 5.41) is 13.9. The number of likely N-dealkylation sites (tertiary alicyclic amines) is 1. The predicted octanol–water partition coefficient (Wildman–Crippen LogP) is 4.74. The molecule has 3 N–H and O–H groups in total. The van der Waals surface area contributed by atoms with Crippen LogP contribution < -0.4 is 15.4 Å². The maximum atomic E-state index is 15.0. The van der Waals surface area contributed by atoms with Crippen LogP contribution in [0.4, 0.5) is 15.9 Å². The largest absolute Gasteiger partial charge is 0.482 e. The number of benzene rings is 2. The third-order valence-electron chi connectivity index (χ3n) is 6.02. The highest BCUT2D eigenvalue weighted by atomic mass is 35.5. The van der Waals surface area contributed by atoms with Gasteiger partial charge in [-0.1, -0.05) is 17.7 Å². The van der Waals surface area contributed by atoms with Crippen LogP contribution in [0.1, 0.15) is 46.0 Å². The lowest BCUT2D eigenvalue weighted by atomic mass is 10.1. The van der Waals surface area contributed by atoms with Crippen LogP contribution in [0.2, 0.25) is 5.02 Å². The lowest BCUT2D eigenvalue weighted by Crippen LogP contribution is -2.28. The van der Waals surface area contributed by atoms with Crippen LogP contribution in [-0.2, 0) is 9.53 Å². The first kappa shape index (κ1) is 28.5. The van der Waals surface area contributed by atoms with E-state index in [9.17, 15) is 18.8 Å². The van der Waals surface area contributed by atoms with Gasteiger partial charge >= 0.3 is 5.97 Å². The van der Waals surface area contributed by atoms with Crippen LogP contribution in [0.5, 0.6) is 5.75 Å². The molecular formula is C28H27ClFN5O5. The van der Waals surface area contributed by atoms with Gasteiger partial charge in [-0.2, -0.15) is 0 Å². The number of anilines is 2. The summed E-state index contributed by atoms with van der Waals surface area (Å²) in [4.78, 5) is 43.8. The Kier molecular flexibility index (Phi) is 9.28. The first-order chi connectivity index (χ1) is 19.2. The minimum atomic E-state index is -0.801. The Morgan fingerprint density at radius 1 is 1.02 bits per heavy atom.